The number of hydrogen-bond acceptors (Lipinski definition) is 5. The van der Waals surface area contributed by atoms with Gasteiger partial charge in [-0.05, 0) is 19.8 Å². The van der Waals surface area contributed by atoms with Gasteiger partial charge in [0.1, 0.15) is 5.82 Å². The second-order valence-electron chi connectivity index (χ2n) is 5.63. The number of nitrogens with zero attached hydrogens (tertiary/aromatic N) is 4. The Labute approximate surface area is 139 Å². The van der Waals surface area contributed by atoms with Crippen LogP contribution in [0.3, 0.4) is 0 Å². The number of thioether (sulfide) groups is 1. The lowest BCUT2D eigenvalue weighted by Crippen LogP contribution is -2.01. The maximum absolute atomic E-state index is 5.84. The molecule has 1 aliphatic carbocycles. The molecular formula is C17H18N4OS. The van der Waals surface area contributed by atoms with Crippen LogP contribution in [0.25, 0.3) is 11.3 Å². The molecule has 1 aromatic carbocycles. The molecule has 0 spiro atoms. The molecular weight excluding hydrogens is 308 g/mol. The highest BCUT2D eigenvalue weighted by Crippen LogP contribution is 2.40. The van der Waals surface area contributed by atoms with Gasteiger partial charge in [-0.2, -0.15) is 0 Å². The van der Waals surface area contributed by atoms with Crippen molar-refractivity contribution in [1.29, 1.82) is 0 Å². The van der Waals surface area contributed by atoms with Gasteiger partial charge in [0, 0.05) is 18.0 Å². The van der Waals surface area contributed by atoms with Gasteiger partial charge in [0.25, 0.3) is 0 Å². The summed E-state index contributed by atoms with van der Waals surface area (Å²) in [5.74, 6) is 3.93. The van der Waals surface area contributed by atoms with E-state index in [1.165, 1.54) is 12.8 Å². The van der Waals surface area contributed by atoms with E-state index in [0.717, 1.165) is 28.8 Å². The lowest BCUT2D eigenvalue weighted by atomic mass is 10.2. The van der Waals surface area contributed by atoms with E-state index < -0.39 is 0 Å². The second kappa shape index (κ2) is 6.20. The number of oxazole rings is 1. The first-order valence-electron chi connectivity index (χ1n) is 7.91. The highest BCUT2D eigenvalue weighted by atomic mass is 32.2. The zero-order valence-electron chi connectivity index (χ0n) is 13.0. The molecule has 0 radical (unpaired) electrons. The van der Waals surface area contributed by atoms with Crippen LogP contribution in [0.15, 0.2) is 46.1 Å². The van der Waals surface area contributed by atoms with E-state index in [2.05, 4.69) is 26.7 Å². The van der Waals surface area contributed by atoms with E-state index in [0.29, 0.717) is 17.6 Å². The zero-order valence-corrected chi connectivity index (χ0v) is 13.8. The molecule has 1 saturated carbocycles. The largest absolute Gasteiger partial charge is 0.440 e. The van der Waals surface area contributed by atoms with Crippen molar-refractivity contribution in [2.75, 3.05) is 0 Å². The summed E-state index contributed by atoms with van der Waals surface area (Å²) in [5.41, 5.74) is 1.05. The van der Waals surface area contributed by atoms with E-state index >= 15 is 0 Å². The summed E-state index contributed by atoms with van der Waals surface area (Å²) in [6, 6.07) is 10.0. The van der Waals surface area contributed by atoms with Crippen molar-refractivity contribution in [2.24, 2.45) is 0 Å². The summed E-state index contributed by atoms with van der Waals surface area (Å²) in [6.07, 6.45) is 4.26. The second-order valence-corrected chi connectivity index (χ2v) is 6.57. The van der Waals surface area contributed by atoms with E-state index in [1.54, 1.807) is 18.0 Å². The summed E-state index contributed by atoms with van der Waals surface area (Å²) >= 11 is 1.63. The van der Waals surface area contributed by atoms with Gasteiger partial charge in [0.15, 0.2) is 10.9 Å². The molecule has 0 bridgehead atoms. The lowest BCUT2D eigenvalue weighted by molar-refractivity contribution is 0.529. The molecule has 0 amide bonds. The number of aromatic nitrogens is 4. The third kappa shape index (κ3) is 3.03. The molecule has 0 aliphatic heterocycles. The first kappa shape index (κ1) is 14.5. The number of hydrogen-bond donors (Lipinski definition) is 0. The molecule has 0 unspecified atom stereocenters. The van der Waals surface area contributed by atoms with Gasteiger partial charge in [-0.1, -0.05) is 42.1 Å². The van der Waals surface area contributed by atoms with Crippen LogP contribution in [0.4, 0.5) is 0 Å². The molecule has 0 N–H and O–H groups in total. The fraction of sp³-hybridized carbons (Fsp3) is 0.353. The Morgan fingerprint density at radius 1 is 1.22 bits per heavy atom. The van der Waals surface area contributed by atoms with Crippen LogP contribution in [-0.2, 0) is 12.3 Å². The Bertz CT molecular complexity index is 792. The van der Waals surface area contributed by atoms with Crippen LogP contribution in [0.2, 0.25) is 0 Å². The first-order chi connectivity index (χ1) is 11.3. The minimum Gasteiger partial charge on any atom is -0.440 e. The Morgan fingerprint density at radius 3 is 2.78 bits per heavy atom. The van der Waals surface area contributed by atoms with Crippen LogP contribution in [0, 0.1) is 0 Å². The smallest absolute Gasteiger partial charge is 0.205 e. The predicted octanol–water partition coefficient (Wildman–Crippen LogP) is 4.12. The van der Waals surface area contributed by atoms with Gasteiger partial charge >= 0.3 is 0 Å². The Balaban J connectivity index is 1.46. The molecule has 23 heavy (non-hydrogen) atoms. The van der Waals surface area contributed by atoms with Gasteiger partial charge in [-0.3, -0.25) is 0 Å². The van der Waals surface area contributed by atoms with Gasteiger partial charge in [-0.15, -0.1) is 10.2 Å². The number of benzene rings is 1. The highest BCUT2D eigenvalue weighted by Gasteiger charge is 2.30. The van der Waals surface area contributed by atoms with Crippen LogP contribution < -0.4 is 0 Å². The van der Waals surface area contributed by atoms with Crippen molar-refractivity contribution >= 4 is 11.8 Å². The molecule has 6 heteroatoms. The SMILES string of the molecule is CCn1c(SCc2ncc(-c3ccccc3)o2)nnc1C1CC1. The van der Waals surface area contributed by atoms with E-state index in [1.807, 2.05) is 30.3 Å². The van der Waals surface area contributed by atoms with E-state index in [-0.39, 0.29) is 0 Å². The molecule has 0 saturated heterocycles. The first-order valence-corrected chi connectivity index (χ1v) is 8.89. The molecule has 1 fully saturated rings. The minimum absolute atomic E-state index is 0.614. The van der Waals surface area contributed by atoms with Crippen molar-refractivity contribution in [2.45, 2.75) is 43.1 Å². The van der Waals surface area contributed by atoms with Gasteiger partial charge < -0.3 is 8.98 Å². The van der Waals surface area contributed by atoms with Crippen molar-refractivity contribution in [3.05, 3.63) is 48.2 Å². The average molecular weight is 326 g/mol. The minimum atomic E-state index is 0.614. The summed E-state index contributed by atoms with van der Waals surface area (Å²) in [4.78, 5) is 4.37. The Morgan fingerprint density at radius 2 is 2.04 bits per heavy atom. The maximum atomic E-state index is 5.84. The standard InChI is InChI=1S/C17H18N4OS/c1-2-21-16(13-8-9-13)19-20-17(21)23-11-15-18-10-14(22-15)12-6-4-3-5-7-12/h3-7,10,13H,2,8-9,11H2,1H3. The van der Waals surface area contributed by atoms with Crippen molar-refractivity contribution in [1.82, 2.24) is 19.7 Å². The third-order valence-corrected chi connectivity index (χ3v) is 4.89. The molecule has 2 heterocycles. The average Bonchev–Trinajstić information content (AvgIpc) is 3.19. The van der Waals surface area contributed by atoms with Crippen molar-refractivity contribution < 1.29 is 4.42 Å². The summed E-state index contributed by atoms with van der Waals surface area (Å²) in [7, 11) is 0. The highest BCUT2D eigenvalue weighted by molar-refractivity contribution is 7.98. The maximum Gasteiger partial charge on any atom is 0.205 e. The molecule has 5 nitrogen and oxygen atoms in total. The molecule has 3 aromatic rings. The van der Waals surface area contributed by atoms with Gasteiger partial charge in [0.05, 0.1) is 11.9 Å². The van der Waals surface area contributed by atoms with Crippen LogP contribution in [0.1, 0.15) is 37.4 Å². The van der Waals surface area contributed by atoms with Crippen LogP contribution in [0.5, 0.6) is 0 Å². The van der Waals surface area contributed by atoms with E-state index in [4.69, 9.17) is 4.42 Å². The van der Waals surface area contributed by atoms with Gasteiger partial charge in [0.2, 0.25) is 5.89 Å². The molecule has 1 aliphatic rings. The molecule has 4 rings (SSSR count). The molecule has 2 aromatic heterocycles. The summed E-state index contributed by atoms with van der Waals surface area (Å²) in [5, 5.41) is 9.64. The summed E-state index contributed by atoms with van der Waals surface area (Å²) in [6.45, 7) is 3.04. The molecule has 0 atom stereocenters. The Hall–Kier alpha value is -2.08. The van der Waals surface area contributed by atoms with Crippen LogP contribution >= 0.6 is 11.8 Å². The monoisotopic (exact) mass is 326 g/mol. The fourth-order valence-corrected chi connectivity index (χ4v) is 3.45. The third-order valence-electron chi connectivity index (χ3n) is 3.94. The fourth-order valence-electron chi connectivity index (χ4n) is 2.59. The topological polar surface area (TPSA) is 56.7 Å². The lowest BCUT2D eigenvalue weighted by Gasteiger charge is -2.05. The van der Waals surface area contributed by atoms with Crippen molar-refractivity contribution in [3.8, 4) is 11.3 Å². The Kier molecular flexibility index (Phi) is 3.91. The van der Waals surface area contributed by atoms with Crippen LogP contribution in [-0.4, -0.2) is 19.7 Å². The zero-order chi connectivity index (χ0) is 15.6. The van der Waals surface area contributed by atoms with E-state index in [9.17, 15) is 0 Å². The van der Waals surface area contributed by atoms with Crippen molar-refractivity contribution in [3.63, 3.8) is 0 Å². The summed E-state index contributed by atoms with van der Waals surface area (Å²) < 4.78 is 8.05. The normalized spacial score (nSPS) is 14.3. The van der Waals surface area contributed by atoms with Gasteiger partial charge in [-0.25, -0.2) is 4.98 Å². The predicted molar refractivity (Wildman–Crippen MR) is 89.2 cm³/mol. The molecule has 118 valence electrons. The number of rotatable bonds is 6. The quantitative estimate of drug-likeness (QED) is 0.638.